The van der Waals surface area contributed by atoms with Crippen LogP contribution in [0.4, 0.5) is 23.7 Å². The highest BCUT2D eigenvalue weighted by atomic mass is 19.4. The Kier molecular flexibility index (Phi) is 4.54. The van der Waals surface area contributed by atoms with Crippen LogP contribution in [0.5, 0.6) is 0 Å². The van der Waals surface area contributed by atoms with Crippen LogP contribution in [0.3, 0.4) is 0 Å². The number of nitrogens with one attached hydrogen (secondary N) is 1. The summed E-state index contributed by atoms with van der Waals surface area (Å²) in [4.78, 5) is 14.2. The molecule has 28 heavy (non-hydrogen) atoms. The van der Waals surface area contributed by atoms with E-state index in [2.05, 4.69) is 10.4 Å². The number of benzene rings is 2. The van der Waals surface area contributed by atoms with Crippen molar-refractivity contribution in [3.05, 3.63) is 72.1 Å². The molecule has 0 saturated heterocycles. The summed E-state index contributed by atoms with van der Waals surface area (Å²) in [5.41, 5.74) is 1.00. The summed E-state index contributed by atoms with van der Waals surface area (Å²) in [5, 5.41) is 7.03. The second-order valence-corrected chi connectivity index (χ2v) is 6.49. The number of hydrogen-bond acceptors (Lipinski definition) is 2. The van der Waals surface area contributed by atoms with E-state index in [1.54, 1.807) is 27.8 Å². The number of amides is 2. The van der Waals surface area contributed by atoms with Gasteiger partial charge in [0.1, 0.15) is 0 Å². The van der Waals surface area contributed by atoms with Gasteiger partial charge in [0.05, 0.1) is 30.5 Å². The third-order valence-electron chi connectivity index (χ3n) is 4.71. The predicted molar refractivity (Wildman–Crippen MR) is 98.5 cm³/mol. The number of hydrogen-bond donors (Lipinski definition) is 1. The van der Waals surface area contributed by atoms with Gasteiger partial charge in [-0.05, 0) is 23.8 Å². The highest BCUT2D eigenvalue weighted by Crippen LogP contribution is 2.38. The third-order valence-corrected chi connectivity index (χ3v) is 4.71. The Morgan fingerprint density at radius 3 is 2.43 bits per heavy atom. The summed E-state index contributed by atoms with van der Waals surface area (Å²) in [5.74, 6) is 0. The van der Waals surface area contributed by atoms with Gasteiger partial charge >= 0.3 is 12.2 Å². The molecule has 144 valence electrons. The molecule has 5 nitrogen and oxygen atoms in total. The molecule has 0 aliphatic carbocycles. The number of aromatic nitrogens is 2. The quantitative estimate of drug-likeness (QED) is 0.699. The monoisotopic (exact) mass is 386 g/mol. The molecule has 2 heterocycles. The van der Waals surface area contributed by atoms with Crippen LogP contribution in [0, 0.1) is 0 Å². The van der Waals surface area contributed by atoms with Gasteiger partial charge in [0.25, 0.3) is 0 Å². The summed E-state index contributed by atoms with van der Waals surface area (Å²) in [6.45, 7) is 1.03. The molecule has 0 unspecified atom stereocenters. The fraction of sp³-hybridized carbons (Fsp3) is 0.200. The number of rotatable bonds is 2. The van der Waals surface area contributed by atoms with Gasteiger partial charge in [0.2, 0.25) is 0 Å². The fourth-order valence-corrected chi connectivity index (χ4v) is 3.33. The Labute approximate surface area is 159 Å². The van der Waals surface area contributed by atoms with E-state index in [-0.39, 0.29) is 18.1 Å². The first kappa shape index (κ1) is 18.1. The van der Waals surface area contributed by atoms with E-state index in [1.807, 2.05) is 18.2 Å². The SMILES string of the molecule is O=C(Nc1ccccc1)N1CCn2ncc(-c3ccccc3C(F)(F)F)c2C1. The standard InChI is InChI=1S/C20H17F3N4O/c21-20(22,23)17-9-5-4-8-15(17)16-12-24-27-11-10-26(13-18(16)27)19(28)25-14-6-2-1-3-7-14/h1-9,12H,10-11,13H2,(H,25,28). The number of anilines is 1. The molecule has 0 bridgehead atoms. The molecule has 1 aliphatic heterocycles. The number of alkyl halides is 3. The lowest BCUT2D eigenvalue weighted by Gasteiger charge is -2.29. The van der Waals surface area contributed by atoms with E-state index in [9.17, 15) is 18.0 Å². The summed E-state index contributed by atoms with van der Waals surface area (Å²) in [6.07, 6.45) is -3.02. The zero-order valence-corrected chi connectivity index (χ0v) is 14.8. The van der Waals surface area contributed by atoms with Crippen LogP contribution in [-0.2, 0) is 19.3 Å². The topological polar surface area (TPSA) is 50.2 Å². The maximum Gasteiger partial charge on any atom is 0.417 e. The lowest BCUT2D eigenvalue weighted by atomic mass is 9.99. The second kappa shape index (κ2) is 7.03. The smallest absolute Gasteiger partial charge is 0.317 e. The number of para-hydroxylation sites is 1. The van der Waals surface area contributed by atoms with Gasteiger partial charge in [-0.2, -0.15) is 18.3 Å². The number of carbonyl (C=O) groups excluding carboxylic acids is 1. The number of fused-ring (bicyclic) bond motifs is 1. The fourth-order valence-electron chi connectivity index (χ4n) is 3.33. The second-order valence-electron chi connectivity index (χ2n) is 6.49. The molecule has 0 radical (unpaired) electrons. The first-order valence-electron chi connectivity index (χ1n) is 8.76. The van der Waals surface area contributed by atoms with Gasteiger partial charge in [-0.1, -0.05) is 36.4 Å². The lowest BCUT2D eigenvalue weighted by molar-refractivity contribution is -0.137. The first-order valence-corrected chi connectivity index (χ1v) is 8.76. The molecule has 0 atom stereocenters. The van der Waals surface area contributed by atoms with Crippen LogP contribution in [0.1, 0.15) is 11.3 Å². The van der Waals surface area contributed by atoms with Crippen molar-refractivity contribution in [1.29, 1.82) is 0 Å². The average Bonchev–Trinajstić information content (AvgIpc) is 3.11. The van der Waals surface area contributed by atoms with E-state index in [1.165, 1.54) is 18.3 Å². The zero-order valence-electron chi connectivity index (χ0n) is 14.8. The van der Waals surface area contributed by atoms with Crippen molar-refractivity contribution in [3.63, 3.8) is 0 Å². The molecule has 4 rings (SSSR count). The minimum Gasteiger partial charge on any atom is -0.317 e. The molecule has 8 heteroatoms. The molecule has 2 aromatic carbocycles. The average molecular weight is 386 g/mol. The normalized spacial score (nSPS) is 13.9. The minimum absolute atomic E-state index is 0.0709. The highest BCUT2D eigenvalue weighted by Gasteiger charge is 2.35. The van der Waals surface area contributed by atoms with Crippen LogP contribution >= 0.6 is 0 Å². The van der Waals surface area contributed by atoms with Crippen molar-refractivity contribution in [2.45, 2.75) is 19.3 Å². The van der Waals surface area contributed by atoms with Crippen molar-refractivity contribution < 1.29 is 18.0 Å². The van der Waals surface area contributed by atoms with Crippen molar-refractivity contribution in [2.75, 3.05) is 11.9 Å². The molecule has 1 aliphatic rings. The van der Waals surface area contributed by atoms with Gasteiger partial charge in [-0.3, -0.25) is 4.68 Å². The van der Waals surface area contributed by atoms with Gasteiger partial charge in [-0.15, -0.1) is 0 Å². The van der Waals surface area contributed by atoms with E-state index >= 15 is 0 Å². The Bertz CT molecular complexity index is 998. The molecule has 0 saturated carbocycles. The summed E-state index contributed by atoms with van der Waals surface area (Å²) in [6, 6.07) is 14.1. The predicted octanol–water partition coefficient (Wildman–Crippen LogP) is 4.62. The number of nitrogens with zero attached hydrogens (tertiary/aromatic N) is 3. The maximum absolute atomic E-state index is 13.4. The van der Waals surface area contributed by atoms with Crippen LogP contribution in [0.15, 0.2) is 60.8 Å². The van der Waals surface area contributed by atoms with Crippen molar-refractivity contribution in [1.82, 2.24) is 14.7 Å². The summed E-state index contributed by atoms with van der Waals surface area (Å²) < 4.78 is 41.9. The molecule has 0 fully saturated rings. The molecule has 3 aromatic rings. The molecular formula is C20H17F3N4O. The van der Waals surface area contributed by atoms with Gasteiger partial charge in [0, 0.05) is 17.8 Å². The Hall–Kier alpha value is -3.29. The Morgan fingerprint density at radius 2 is 1.68 bits per heavy atom. The van der Waals surface area contributed by atoms with Crippen LogP contribution < -0.4 is 5.32 Å². The molecule has 0 spiro atoms. The highest BCUT2D eigenvalue weighted by molar-refractivity contribution is 5.89. The first-order chi connectivity index (χ1) is 13.4. The largest absolute Gasteiger partial charge is 0.417 e. The molecule has 1 N–H and O–H groups in total. The third kappa shape index (κ3) is 3.45. The van der Waals surface area contributed by atoms with E-state index in [0.29, 0.717) is 30.0 Å². The molecular weight excluding hydrogens is 369 g/mol. The molecule has 2 amide bonds. The van der Waals surface area contributed by atoms with E-state index in [4.69, 9.17) is 0 Å². The van der Waals surface area contributed by atoms with Gasteiger partial charge in [-0.25, -0.2) is 4.79 Å². The minimum atomic E-state index is -4.47. The Morgan fingerprint density at radius 1 is 0.964 bits per heavy atom. The van der Waals surface area contributed by atoms with Gasteiger partial charge in [0.15, 0.2) is 0 Å². The van der Waals surface area contributed by atoms with E-state index < -0.39 is 11.7 Å². The van der Waals surface area contributed by atoms with Crippen molar-refractivity contribution in [2.24, 2.45) is 0 Å². The van der Waals surface area contributed by atoms with Crippen molar-refractivity contribution in [3.8, 4) is 11.1 Å². The Balaban J connectivity index is 1.62. The summed E-state index contributed by atoms with van der Waals surface area (Å²) in [7, 11) is 0. The van der Waals surface area contributed by atoms with Crippen LogP contribution in [0.2, 0.25) is 0 Å². The maximum atomic E-state index is 13.4. The van der Waals surface area contributed by atoms with Crippen LogP contribution in [-0.4, -0.2) is 27.3 Å². The number of carbonyl (C=O) groups is 1. The van der Waals surface area contributed by atoms with Crippen LogP contribution in [0.25, 0.3) is 11.1 Å². The van der Waals surface area contributed by atoms with E-state index in [0.717, 1.165) is 6.07 Å². The zero-order chi connectivity index (χ0) is 19.7. The van der Waals surface area contributed by atoms with Crippen molar-refractivity contribution >= 4 is 11.7 Å². The number of halogens is 3. The molecule has 1 aromatic heterocycles. The van der Waals surface area contributed by atoms with Gasteiger partial charge < -0.3 is 10.2 Å². The lowest BCUT2D eigenvalue weighted by Crippen LogP contribution is -2.41. The number of urea groups is 1. The summed E-state index contributed by atoms with van der Waals surface area (Å²) >= 11 is 0.